The highest BCUT2D eigenvalue weighted by atomic mass is 32.1. The molecular formula is C13H22N2OS. The third kappa shape index (κ3) is 2.74. The lowest BCUT2D eigenvalue weighted by Gasteiger charge is -2.27. The van der Waals surface area contributed by atoms with Crippen LogP contribution >= 0.6 is 12.2 Å². The molecule has 17 heavy (non-hydrogen) atoms. The van der Waals surface area contributed by atoms with Crippen LogP contribution in [0.1, 0.15) is 51.4 Å². The average Bonchev–Trinajstić information content (AvgIpc) is 2.92. The Bertz CT molecular complexity index is 291. The Morgan fingerprint density at radius 1 is 1.00 bits per heavy atom. The molecule has 0 amide bonds. The van der Waals surface area contributed by atoms with E-state index in [1.165, 1.54) is 44.9 Å². The molecule has 3 nitrogen and oxygen atoms in total. The molecule has 2 N–H and O–H groups in total. The van der Waals surface area contributed by atoms with Crippen molar-refractivity contribution in [3.8, 4) is 0 Å². The second kappa shape index (κ2) is 5.11. The van der Waals surface area contributed by atoms with Crippen molar-refractivity contribution >= 4 is 17.3 Å². The van der Waals surface area contributed by atoms with Gasteiger partial charge in [-0.25, -0.2) is 0 Å². The van der Waals surface area contributed by atoms with Crippen molar-refractivity contribution in [1.29, 1.82) is 0 Å². The van der Waals surface area contributed by atoms with Crippen LogP contribution in [0.2, 0.25) is 0 Å². The maximum Gasteiger partial charge on any atom is 0.166 e. The van der Waals surface area contributed by atoms with Crippen LogP contribution in [0.15, 0.2) is 0 Å². The summed E-state index contributed by atoms with van der Waals surface area (Å²) in [6, 6.07) is 1.06. The quantitative estimate of drug-likeness (QED) is 0.740. The highest BCUT2D eigenvalue weighted by Gasteiger charge is 2.41. The van der Waals surface area contributed by atoms with Crippen LogP contribution in [0.25, 0.3) is 0 Å². The Morgan fingerprint density at radius 2 is 1.82 bits per heavy atom. The maximum atomic E-state index is 5.83. The second-order valence-electron chi connectivity index (χ2n) is 5.67. The number of thiocarbonyl (C=S) groups is 1. The maximum absolute atomic E-state index is 5.83. The third-order valence-electron chi connectivity index (χ3n) is 4.36. The summed E-state index contributed by atoms with van der Waals surface area (Å²) in [6.45, 7) is 0. The van der Waals surface area contributed by atoms with Crippen LogP contribution in [0.4, 0.5) is 0 Å². The van der Waals surface area contributed by atoms with Crippen LogP contribution in [0, 0.1) is 0 Å². The molecule has 3 aliphatic rings. The highest BCUT2D eigenvalue weighted by Crippen LogP contribution is 2.34. The topological polar surface area (TPSA) is 33.3 Å². The molecule has 2 aliphatic heterocycles. The van der Waals surface area contributed by atoms with Crippen LogP contribution in [-0.2, 0) is 4.74 Å². The first kappa shape index (κ1) is 11.7. The predicted molar refractivity (Wildman–Crippen MR) is 72.0 cm³/mol. The van der Waals surface area contributed by atoms with Gasteiger partial charge < -0.3 is 15.4 Å². The standard InChI is InChI=1S/C13H22N2OS/c17-13(14-9-4-2-1-3-5-9)15-11-8-10-6-7-12(11)16-10/h9-12H,1-8H2,(H2,14,15,17). The van der Waals surface area contributed by atoms with Crippen LogP contribution in [-0.4, -0.2) is 29.4 Å². The molecule has 2 bridgehead atoms. The SMILES string of the molecule is S=C(NC1CCCCC1)NC1CC2CCC1O2. The van der Waals surface area contributed by atoms with Crippen LogP contribution in [0.5, 0.6) is 0 Å². The van der Waals surface area contributed by atoms with Crippen LogP contribution in [0.3, 0.4) is 0 Å². The molecule has 1 saturated carbocycles. The zero-order chi connectivity index (χ0) is 11.7. The Morgan fingerprint density at radius 3 is 2.47 bits per heavy atom. The lowest BCUT2D eigenvalue weighted by atomic mass is 9.95. The number of hydrogen-bond acceptors (Lipinski definition) is 2. The van der Waals surface area contributed by atoms with Gasteiger partial charge in [0, 0.05) is 6.04 Å². The van der Waals surface area contributed by atoms with E-state index in [2.05, 4.69) is 10.6 Å². The predicted octanol–water partition coefficient (Wildman–Crippen LogP) is 2.10. The molecule has 2 heterocycles. The van der Waals surface area contributed by atoms with Gasteiger partial charge in [0.25, 0.3) is 0 Å². The zero-order valence-corrected chi connectivity index (χ0v) is 11.1. The van der Waals surface area contributed by atoms with E-state index in [0.29, 0.717) is 24.3 Å². The number of ether oxygens (including phenoxy) is 1. The third-order valence-corrected chi connectivity index (χ3v) is 4.60. The molecule has 0 radical (unpaired) electrons. The minimum absolute atomic E-state index is 0.408. The van der Waals surface area contributed by atoms with Crippen molar-refractivity contribution in [1.82, 2.24) is 10.6 Å². The summed E-state index contributed by atoms with van der Waals surface area (Å²) >= 11 is 5.41. The van der Waals surface area contributed by atoms with E-state index in [4.69, 9.17) is 17.0 Å². The van der Waals surface area contributed by atoms with Gasteiger partial charge in [0.1, 0.15) is 0 Å². The lowest BCUT2D eigenvalue weighted by molar-refractivity contribution is 0.0992. The summed E-state index contributed by atoms with van der Waals surface area (Å²) < 4.78 is 5.83. The largest absolute Gasteiger partial charge is 0.373 e. The summed E-state index contributed by atoms with van der Waals surface area (Å²) in [4.78, 5) is 0. The normalized spacial score (nSPS) is 37.1. The van der Waals surface area contributed by atoms with Crippen molar-refractivity contribution < 1.29 is 4.74 Å². The van der Waals surface area contributed by atoms with Crippen molar-refractivity contribution in [3.05, 3.63) is 0 Å². The summed E-state index contributed by atoms with van der Waals surface area (Å²) in [7, 11) is 0. The first-order chi connectivity index (χ1) is 8.31. The van der Waals surface area contributed by atoms with Gasteiger partial charge in [-0.05, 0) is 44.3 Å². The fraction of sp³-hybridized carbons (Fsp3) is 0.923. The second-order valence-corrected chi connectivity index (χ2v) is 6.08. The molecule has 3 rings (SSSR count). The van der Waals surface area contributed by atoms with Crippen molar-refractivity contribution in [2.75, 3.05) is 0 Å². The number of nitrogens with one attached hydrogen (secondary N) is 2. The van der Waals surface area contributed by atoms with Gasteiger partial charge >= 0.3 is 0 Å². The number of hydrogen-bond donors (Lipinski definition) is 2. The summed E-state index contributed by atoms with van der Waals surface area (Å²) in [5, 5.41) is 7.77. The molecule has 2 saturated heterocycles. The molecule has 3 atom stereocenters. The van der Waals surface area contributed by atoms with Gasteiger partial charge in [-0.1, -0.05) is 19.3 Å². The molecular weight excluding hydrogens is 232 g/mol. The Kier molecular flexibility index (Phi) is 3.52. The molecule has 96 valence electrons. The minimum Gasteiger partial charge on any atom is -0.373 e. The molecule has 3 unspecified atom stereocenters. The molecule has 0 aromatic rings. The Hall–Kier alpha value is -0.350. The van der Waals surface area contributed by atoms with E-state index in [0.717, 1.165) is 11.5 Å². The van der Waals surface area contributed by atoms with E-state index in [1.807, 2.05) is 0 Å². The van der Waals surface area contributed by atoms with Gasteiger partial charge in [-0.3, -0.25) is 0 Å². The summed E-state index contributed by atoms with van der Waals surface area (Å²) in [5.41, 5.74) is 0. The molecule has 4 heteroatoms. The number of fused-ring (bicyclic) bond motifs is 2. The van der Waals surface area contributed by atoms with Gasteiger partial charge in [0.15, 0.2) is 5.11 Å². The van der Waals surface area contributed by atoms with Gasteiger partial charge in [-0.2, -0.15) is 0 Å². The lowest BCUT2D eigenvalue weighted by Crippen LogP contribution is -2.49. The van der Waals surface area contributed by atoms with Crippen molar-refractivity contribution in [2.45, 2.75) is 75.7 Å². The fourth-order valence-electron chi connectivity index (χ4n) is 3.43. The van der Waals surface area contributed by atoms with Gasteiger partial charge in [0.05, 0.1) is 18.2 Å². The van der Waals surface area contributed by atoms with Crippen molar-refractivity contribution in [2.24, 2.45) is 0 Å². The Labute approximate surface area is 109 Å². The van der Waals surface area contributed by atoms with Gasteiger partial charge in [-0.15, -0.1) is 0 Å². The average molecular weight is 254 g/mol. The Balaban J connectivity index is 1.44. The number of rotatable bonds is 2. The highest BCUT2D eigenvalue weighted by molar-refractivity contribution is 7.80. The zero-order valence-electron chi connectivity index (χ0n) is 10.3. The van der Waals surface area contributed by atoms with E-state index >= 15 is 0 Å². The van der Waals surface area contributed by atoms with E-state index in [1.54, 1.807) is 0 Å². The smallest absolute Gasteiger partial charge is 0.166 e. The minimum atomic E-state index is 0.408. The van der Waals surface area contributed by atoms with E-state index in [-0.39, 0.29) is 0 Å². The monoisotopic (exact) mass is 254 g/mol. The van der Waals surface area contributed by atoms with Crippen LogP contribution < -0.4 is 10.6 Å². The molecule has 1 aliphatic carbocycles. The molecule has 0 spiro atoms. The summed E-state index contributed by atoms with van der Waals surface area (Å²) in [5.74, 6) is 0. The van der Waals surface area contributed by atoms with E-state index < -0.39 is 0 Å². The molecule has 0 aromatic carbocycles. The van der Waals surface area contributed by atoms with Crippen molar-refractivity contribution in [3.63, 3.8) is 0 Å². The molecule has 3 fully saturated rings. The van der Waals surface area contributed by atoms with Gasteiger partial charge in [0.2, 0.25) is 0 Å². The molecule has 0 aromatic heterocycles. The fourth-order valence-corrected chi connectivity index (χ4v) is 3.75. The first-order valence-corrected chi connectivity index (χ1v) is 7.44. The first-order valence-electron chi connectivity index (χ1n) is 7.04. The summed E-state index contributed by atoms with van der Waals surface area (Å²) in [6.07, 6.45) is 11.1. The van der Waals surface area contributed by atoms with E-state index in [9.17, 15) is 0 Å².